The molecule has 0 amide bonds. The predicted molar refractivity (Wildman–Crippen MR) is 108 cm³/mol. The molecule has 29 heavy (non-hydrogen) atoms. The molecule has 0 saturated heterocycles. The van der Waals surface area contributed by atoms with Crippen molar-refractivity contribution in [3.63, 3.8) is 0 Å². The predicted octanol–water partition coefficient (Wildman–Crippen LogP) is 4.75. The monoisotopic (exact) mass is 393 g/mol. The number of benzene rings is 2. The van der Waals surface area contributed by atoms with E-state index in [1.807, 2.05) is 6.07 Å². The van der Waals surface area contributed by atoms with Crippen LogP contribution in [0.25, 0.3) is 0 Å². The minimum Gasteiger partial charge on any atom is -0.494 e. The van der Waals surface area contributed by atoms with Crippen LogP contribution in [0.2, 0.25) is 0 Å². The molecule has 0 aliphatic heterocycles. The van der Waals surface area contributed by atoms with E-state index in [4.69, 9.17) is 19.8 Å². The summed E-state index contributed by atoms with van der Waals surface area (Å²) in [5.41, 5.74) is 1.15. The zero-order chi connectivity index (χ0) is 21.1. The highest BCUT2D eigenvalue weighted by Crippen LogP contribution is 2.17. The average Bonchev–Trinajstić information content (AvgIpc) is 2.73. The number of carbonyl (C=O) groups is 2. The molecule has 6 heteroatoms. The smallest absolute Gasteiger partial charge is 0.343 e. The number of hydrogen-bond donors (Lipinski definition) is 1. The van der Waals surface area contributed by atoms with Gasteiger partial charge in [0, 0.05) is 5.57 Å². The summed E-state index contributed by atoms with van der Waals surface area (Å²) in [4.78, 5) is 22.8. The lowest BCUT2D eigenvalue weighted by Gasteiger charge is -2.08. The van der Waals surface area contributed by atoms with Crippen LogP contribution in [0.15, 0.2) is 60.7 Å². The number of hydrogen-bond acceptors (Lipinski definition) is 5. The van der Waals surface area contributed by atoms with Crippen LogP contribution < -0.4 is 9.47 Å². The van der Waals surface area contributed by atoms with Gasteiger partial charge in [-0.25, -0.2) is 9.59 Å². The first-order chi connectivity index (χ1) is 14.0. The Hall–Kier alpha value is -3.59. The van der Waals surface area contributed by atoms with Crippen molar-refractivity contribution < 1.29 is 24.2 Å². The second-order valence-electron chi connectivity index (χ2n) is 6.47. The van der Waals surface area contributed by atoms with Crippen LogP contribution in [0, 0.1) is 11.3 Å². The number of carboxylic acids is 1. The Balaban J connectivity index is 1.68. The quantitative estimate of drug-likeness (QED) is 0.256. The summed E-state index contributed by atoms with van der Waals surface area (Å²) < 4.78 is 10.9. The van der Waals surface area contributed by atoms with Crippen LogP contribution in [0.5, 0.6) is 11.5 Å². The first kappa shape index (κ1) is 21.7. The number of nitriles is 1. The van der Waals surface area contributed by atoms with Crippen LogP contribution in [-0.2, 0) is 4.79 Å². The topological polar surface area (TPSA) is 96.6 Å². The molecule has 0 spiro atoms. The molecule has 2 rings (SSSR count). The Bertz CT molecular complexity index is 879. The molecule has 0 heterocycles. The van der Waals surface area contributed by atoms with Gasteiger partial charge in [-0.2, -0.15) is 5.26 Å². The molecule has 0 aliphatic carbocycles. The Morgan fingerprint density at radius 1 is 0.931 bits per heavy atom. The van der Waals surface area contributed by atoms with E-state index in [0.717, 1.165) is 25.7 Å². The Morgan fingerprint density at radius 2 is 1.55 bits per heavy atom. The van der Waals surface area contributed by atoms with E-state index >= 15 is 0 Å². The molecule has 0 unspecified atom stereocenters. The third-order valence-corrected chi connectivity index (χ3v) is 4.23. The number of unbranched alkanes of at least 4 members (excludes halogenated alkanes) is 3. The SMILES string of the molecule is C=C(CCCCCCOc1ccc(C(=O)Oc2ccc(C#N)cc2)cc1)C(=O)O. The molecule has 0 atom stereocenters. The Morgan fingerprint density at radius 3 is 2.17 bits per heavy atom. The van der Waals surface area contributed by atoms with Crippen LogP contribution in [-0.4, -0.2) is 23.7 Å². The van der Waals surface area contributed by atoms with Gasteiger partial charge in [-0.3, -0.25) is 0 Å². The van der Waals surface area contributed by atoms with Crippen molar-refractivity contribution in [1.82, 2.24) is 0 Å². The molecule has 6 nitrogen and oxygen atoms in total. The number of rotatable bonds is 11. The van der Waals surface area contributed by atoms with Gasteiger partial charge in [0.2, 0.25) is 0 Å². The van der Waals surface area contributed by atoms with Crippen LogP contribution in [0.1, 0.15) is 48.0 Å². The van der Waals surface area contributed by atoms with E-state index in [0.29, 0.717) is 35.7 Å². The van der Waals surface area contributed by atoms with Crippen molar-refractivity contribution in [1.29, 1.82) is 5.26 Å². The van der Waals surface area contributed by atoms with Crippen LogP contribution in [0.3, 0.4) is 0 Å². The first-order valence-electron chi connectivity index (χ1n) is 9.36. The standard InChI is InChI=1S/C23H23NO5/c1-17(22(25)26)6-4-2-3-5-15-28-20-13-9-19(10-14-20)23(27)29-21-11-7-18(16-24)8-12-21/h7-14H,1-6,15H2,(H,25,26). The van der Waals surface area contributed by atoms with Gasteiger partial charge in [0.05, 0.1) is 23.8 Å². The zero-order valence-electron chi connectivity index (χ0n) is 16.1. The summed E-state index contributed by atoms with van der Waals surface area (Å²) in [5, 5.41) is 17.5. The Kier molecular flexibility index (Phi) is 8.46. The molecule has 150 valence electrons. The highest BCUT2D eigenvalue weighted by molar-refractivity contribution is 5.91. The fraction of sp³-hybridized carbons (Fsp3) is 0.261. The van der Waals surface area contributed by atoms with Gasteiger partial charge in [0.25, 0.3) is 0 Å². The molecule has 0 bridgehead atoms. The van der Waals surface area contributed by atoms with Gasteiger partial charge in [-0.1, -0.05) is 19.4 Å². The van der Waals surface area contributed by atoms with Gasteiger partial charge in [-0.15, -0.1) is 0 Å². The van der Waals surface area contributed by atoms with Gasteiger partial charge in [0.1, 0.15) is 11.5 Å². The maximum Gasteiger partial charge on any atom is 0.343 e. The van der Waals surface area contributed by atoms with Crippen molar-refractivity contribution >= 4 is 11.9 Å². The molecule has 0 saturated carbocycles. The minimum absolute atomic E-state index is 0.249. The number of carboxylic acid groups (broad SMARTS) is 1. The lowest BCUT2D eigenvalue weighted by molar-refractivity contribution is -0.132. The van der Waals surface area contributed by atoms with Gasteiger partial charge >= 0.3 is 11.9 Å². The van der Waals surface area contributed by atoms with E-state index < -0.39 is 11.9 Å². The molecular formula is C23H23NO5. The molecule has 1 N–H and O–H groups in total. The van der Waals surface area contributed by atoms with E-state index in [1.54, 1.807) is 48.5 Å². The summed E-state index contributed by atoms with van der Waals surface area (Å²) in [6, 6.07) is 15.0. The normalized spacial score (nSPS) is 10.0. The molecular weight excluding hydrogens is 370 g/mol. The van der Waals surface area contributed by atoms with Crippen molar-refractivity contribution in [2.75, 3.05) is 6.61 Å². The van der Waals surface area contributed by atoms with Crippen LogP contribution in [0.4, 0.5) is 0 Å². The first-order valence-corrected chi connectivity index (χ1v) is 9.36. The van der Waals surface area contributed by atoms with E-state index in [1.165, 1.54) is 0 Å². The second kappa shape index (κ2) is 11.3. The lowest BCUT2D eigenvalue weighted by Crippen LogP contribution is -2.08. The van der Waals surface area contributed by atoms with Crippen LogP contribution >= 0.6 is 0 Å². The van der Waals surface area contributed by atoms with Crippen molar-refractivity contribution in [3.8, 4) is 17.6 Å². The zero-order valence-corrected chi connectivity index (χ0v) is 16.1. The number of ether oxygens (including phenoxy) is 2. The molecule has 2 aromatic carbocycles. The highest BCUT2D eigenvalue weighted by Gasteiger charge is 2.09. The fourth-order valence-corrected chi connectivity index (χ4v) is 2.54. The number of carbonyl (C=O) groups excluding carboxylic acids is 1. The molecule has 2 aromatic rings. The third kappa shape index (κ3) is 7.51. The molecule has 0 aromatic heterocycles. The van der Waals surface area contributed by atoms with E-state index in [9.17, 15) is 9.59 Å². The van der Waals surface area contributed by atoms with Gasteiger partial charge in [-0.05, 0) is 67.8 Å². The lowest BCUT2D eigenvalue weighted by atomic mass is 10.1. The fourth-order valence-electron chi connectivity index (χ4n) is 2.54. The summed E-state index contributed by atoms with van der Waals surface area (Å²) >= 11 is 0. The van der Waals surface area contributed by atoms with Gasteiger partial charge in [0.15, 0.2) is 0 Å². The minimum atomic E-state index is -0.933. The summed E-state index contributed by atoms with van der Waals surface area (Å²) in [6.07, 6.45) is 4.05. The van der Waals surface area contributed by atoms with Crippen molar-refractivity contribution in [2.24, 2.45) is 0 Å². The Labute approximate surface area is 170 Å². The van der Waals surface area contributed by atoms with Crippen molar-refractivity contribution in [2.45, 2.75) is 32.1 Å². The van der Waals surface area contributed by atoms with E-state index in [2.05, 4.69) is 6.58 Å². The molecule has 0 fully saturated rings. The number of esters is 1. The van der Waals surface area contributed by atoms with Crippen molar-refractivity contribution in [3.05, 3.63) is 71.8 Å². The van der Waals surface area contributed by atoms with E-state index in [-0.39, 0.29) is 5.57 Å². The summed E-state index contributed by atoms with van der Waals surface area (Å²) in [7, 11) is 0. The summed E-state index contributed by atoms with van der Waals surface area (Å²) in [5.74, 6) is -0.373. The maximum absolute atomic E-state index is 12.2. The third-order valence-electron chi connectivity index (χ3n) is 4.23. The number of aliphatic carboxylic acids is 1. The largest absolute Gasteiger partial charge is 0.494 e. The maximum atomic E-state index is 12.2. The average molecular weight is 393 g/mol. The summed E-state index contributed by atoms with van der Waals surface area (Å²) in [6.45, 7) is 4.06. The molecule has 0 aliphatic rings. The highest BCUT2D eigenvalue weighted by atomic mass is 16.5. The van der Waals surface area contributed by atoms with Gasteiger partial charge < -0.3 is 14.6 Å². The second-order valence-corrected chi connectivity index (χ2v) is 6.47. The number of nitrogens with zero attached hydrogens (tertiary/aromatic N) is 1. The molecule has 0 radical (unpaired) electrons.